The monoisotopic (exact) mass is 1210 g/mol. The molecule has 0 aromatic rings. The van der Waals surface area contributed by atoms with E-state index < -0.39 is 0 Å². The van der Waals surface area contributed by atoms with Crippen LogP contribution in [-0.2, 0) is 180 Å². The Labute approximate surface area is 312 Å². The van der Waals surface area contributed by atoms with Crippen LogP contribution in [0.4, 0.5) is 0 Å². The van der Waals surface area contributed by atoms with Crippen molar-refractivity contribution in [2.24, 2.45) is 0 Å². The number of hydrogen-bond acceptors (Lipinski definition) is 6. The summed E-state index contributed by atoms with van der Waals surface area (Å²) in [6.45, 7) is 0. The van der Waals surface area contributed by atoms with Crippen molar-refractivity contribution in [3.63, 3.8) is 0 Å². The molecule has 0 aromatic heterocycles. The van der Waals surface area contributed by atoms with Gasteiger partial charge in [0.15, 0.2) is 0 Å². The van der Waals surface area contributed by atoms with Gasteiger partial charge in [-0.05, 0) is 0 Å². The average Bonchev–Trinajstić information content (AvgIpc) is 0. The fourth-order valence-electron chi connectivity index (χ4n) is 0. The summed E-state index contributed by atoms with van der Waals surface area (Å²) in [5, 5.41) is 0. The second-order valence-electron chi connectivity index (χ2n) is 0. The molecule has 0 unspecified atom stereocenters. The molecule has 0 heterocycles. The zero-order chi connectivity index (χ0) is 0. The molecule has 0 rings (SSSR count). The molecule has 0 saturated carbocycles. The van der Waals surface area contributed by atoms with Crippen LogP contribution in [-0.4, -0.2) is 98.6 Å². The number of hydrogen-bond donors (Lipinski definition) is 6. The standard InChI is InChI=1S/7Mo.6H3N.18H2O.6O/h;;;;;;;6*1H3;18*1H2;;;;;;/q;6*+2;;;;;;;;;;;;;;;;;;;;;;;;;6*-2. The molecule has 0 saturated heterocycles. The van der Waals surface area contributed by atoms with E-state index in [0.717, 1.165) is 0 Å². The van der Waals surface area contributed by atoms with E-state index in [1.165, 1.54) is 0 Å². The molecular formula is H54Mo7N6O24. The molecule has 0 spiro atoms. The van der Waals surface area contributed by atoms with Crippen LogP contribution in [0.2, 0.25) is 0 Å². The van der Waals surface area contributed by atoms with Crippen molar-refractivity contribution in [2.45, 2.75) is 0 Å². The Kier molecular flexibility index (Phi) is 594000. The van der Waals surface area contributed by atoms with Crippen LogP contribution in [0.15, 0.2) is 0 Å². The van der Waals surface area contributed by atoms with E-state index in [1.807, 2.05) is 0 Å². The summed E-state index contributed by atoms with van der Waals surface area (Å²) >= 11 is 0. The maximum absolute atomic E-state index is 0. The topological polar surface area (TPSA) is 948 Å². The molecule has 0 amide bonds. The maximum atomic E-state index is 0. The van der Waals surface area contributed by atoms with Crippen molar-refractivity contribution < 1.29 is 279 Å². The Balaban J connectivity index is 0. The predicted octanol–water partition coefficient (Wildman–Crippen LogP) is -9.43. The van der Waals surface area contributed by atoms with E-state index in [2.05, 4.69) is 0 Å². The van der Waals surface area contributed by atoms with Gasteiger partial charge in [0.1, 0.15) is 0 Å². The third-order valence-corrected chi connectivity index (χ3v) is 0. The van der Waals surface area contributed by atoms with Crippen LogP contribution in [0.3, 0.4) is 0 Å². The molecule has 0 bridgehead atoms. The molecule has 0 aliphatic rings. The fraction of sp³-hybridized carbons (Fsp3) is 0. The van der Waals surface area contributed by atoms with Crippen molar-refractivity contribution in [3.05, 3.63) is 0 Å². The molecule has 0 radical (unpaired) electrons. The van der Waals surface area contributed by atoms with Gasteiger partial charge in [-0.2, -0.15) is 0 Å². The van der Waals surface area contributed by atoms with Crippen molar-refractivity contribution in [1.29, 1.82) is 0 Å². The van der Waals surface area contributed by atoms with Crippen molar-refractivity contribution in [3.8, 4) is 0 Å². The molecule has 0 fully saturated rings. The van der Waals surface area contributed by atoms with Crippen molar-refractivity contribution in [1.82, 2.24) is 36.9 Å². The van der Waals surface area contributed by atoms with Crippen molar-refractivity contribution in [2.75, 3.05) is 0 Å². The van der Waals surface area contributed by atoms with Crippen LogP contribution in [0.25, 0.3) is 0 Å². The number of rotatable bonds is 0. The van der Waals surface area contributed by atoms with Crippen LogP contribution >= 0.6 is 0 Å². The van der Waals surface area contributed by atoms with Gasteiger partial charge in [-0.3, -0.25) is 0 Å². The van der Waals surface area contributed by atoms with Crippen LogP contribution < -0.4 is 36.9 Å². The van der Waals surface area contributed by atoms with E-state index >= 15 is 0 Å². The molecule has 0 aromatic carbocycles. The summed E-state index contributed by atoms with van der Waals surface area (Å²) < 4.78 is 0. The summed E-state index contributed by atoms with van der Waals surface area (Å²) in [5.41, 5.74) is 0. The average molecular weight is 1190 g/mol. The normalized spacial score (nSPS) is 0. The second-order valence-corrected chi connectivity index (χ2v) is 0. The zero-order valence-electron chi connectivity index (χ0n) is 20.0. The van der Waals surface area contributed by atoms with Crippen LogP contribution in [0.1, 0.15) is 0 Å². The molecule has 54 N–H and O–H groups in total. The van der Waals surface area contributed by atoms with Crippen LogP contribution in [0, 0.1) is 0 Å². The van der Waals surface area contributed by atoms with Crippen LogP contribution in [0.5, 0.6) is 0 Å². The summed E-state index contributed by atoms with van der Waals surface area (Å²) in [4.78, 5) is 0. The summed E-state index contributed by atoms with van der Waals surface area (Å²) in [6.07, 6.45) is 0. The van der Waals surface area contributed by atoms with Gasteiger partial charge in [0.05, 0.1) is 0 Å². The summed E-state index contributed by atoms with van der Waals surface area (Å²) in [7, 11) is 0. The minimum atomic E-state index is 0. The quantitative estimate of drug-likeness (QED) is 0.128. The Morgan fingerprint density at radius 3 is 0.162 bits per heavy atom. The molecule has 37 heteroatoms. The summed E-state index contributed by atoms with van der Waals surface area (Å²) in [6, 6.07) is 0. The first-order valence-electron chi connectivity index (χ1n) is 0. The largest absolute Gasteiger partial charge is 2.00 e. The maximum Gasteiger partial charge on any atom is 2.00 e. The fourth-order valence-corrected chi connectivity index (χ4v) is 0. The molecule has 0 atom stereocenters. The molecule has 30 nitrogen and oxygen atoms in total. The van der Waals surface area contributed by atoms with E-state index in [1.54, 1.807) is 0 Å². The van der Waals surface area contributed by atoms with E-state index in [-0.39, 0.29) is 316 Å². The Bertz CT molecular complexity index is 47.5. The van der Waals surface area contributed by atoms with Crippen molar-refractivity contribution >= 4 is 0 Å². The van der Waals surface area contributed by atoms with Gasteiger partial charge in [0.2, 0.25) is 0 Å². The molecular weight excluding hydrogens is 1140 g/mol. The SMILES string of the molecule is O.O.O.O.O.O.O.O.O.O.O.O.[Mo+2].[Mo+2].[Mo+2].[Mo+2].[Mo+2].[Mo+2].[Mo].[NH4+].[NH4+].[NH4+].[NH4+].[NH4+].[NH4+].[O-2].[O-2].[O-2].[O-2].[O-2].[O-2].[OH-].[OH-].[OH-].[OH-].[OH-].[OH-]. The number of quaternary nitrogens is 6. The Hall–Kier alpha value is 3.62. The van der Waals surface area contributed by atoms with E-state index in [4.69, 9.17) is 0 Å². The first kappa shape index (κ1) is 4870. The molecule has 270 valence electrons. The minimum Gasteiger partial charge on any atom is -2.00 e. The zero-order valence-corrected chi connectivity index (χ0v) is 34.0. The minimum absolute atomic E-state index is 0. The Morgan fingerprint density at radius 2 is 0.162 bits per heavy atom. The molecule has 0 aliphatic carbocycles. The third-order valence-electron chi connectivity index (χ3n) is 0. The van der Waals surface area contributed by atoms with Gasteiger partial charge in [-0.25, -0.2) is 0 Å². The third kappa shape index (κ3) is 4280. The molecule has 0 aliphatic heterocycles. The van der Waals surface area contributed by atoms with Gasteiger partial charge < -0.3 is 168 Å². The predicted molar refractivity (Wildman–Crippen MR) is 95.0 cm³/mol. The summed E-state index contributed by atoms with van der Waals surface area (Å²) in [5.74, 6) is 0. The van der Waals surface area contributed by atoms with E-state index in [0.29, 0.717) is 0 Å². The van der Waals surface area contributed by atoms with Gasteiger partial charge in [0, 0.05) is 21.1 Å². The van der Waals surface area contributed by atoms with E-state index in [9.17, 15) is 0 Å². The van der Waals surface area contributed by atoms with Gasteiger partial charge in [-0.1, -0.05) is 0 Å². The first-order valence-corrected chi connectivity index (χ1v) is 0. The van der Waals surface area contributed by atoms with Gasteiger partial charge in [0.25, 0.3) is 0 Å². The Morgan fingerprint density at radius 1 is 0.162 bits per heavy atom. The smallest absolute Gasteiger partial charge is 2.00 e. The van der Waals surface area contributed by atoms with Gasteiger partial charge in [-0.15, -0.1) is 0 Å². The first-order chi connectivity index (χ1) is 0. The van der Waals surface area contributed by atoms with Gasteiger partial charge >= 0.3 is 126 Å². The second kappa shape index (κ2) is 4510. The molecule has 37 heavy (non-hydrogen) atoms.